The van der Waals surface area contributed by atoms with Crippen LogP contribution in [0, 0.1) is 18.3 Å². The molecule has 0 radical (unpaired) electrons. The van der Waals surface area contributed by atoms with Crippen molar-refractivity contribution < 1.29 is 9.53 Å². The largest absolute Gasteiger partial charge is 0.469 e. The summed E-state index contributed by atoms with van der Waals surface area (Å²) >= 11 is 0. The van der Waals surface area contributed by atoms with E-state index in [1.54, 1.807) is 10.9 Å². The van der Waals surface area contributed by atoms with Crippen molar-refractivity contribution in [3.05, 3.63) is 17.5 Å². The van der Waals surface area contributed by atoms with Crippen LogP contribution in [0.4, 0.5) is 0 Å². The molecule has 0 aliphatic carbocycles. The van der Waals surface area contributed by atoms with Crippen molar-refractivity contribution >= 4 is 5.97 Å². The number of aryl methyl sites for hydroxylation is 2. The maximum Gasteiger partial charge on any atom is 0.307 e. The first-order valence-electron chi connectivity index (χ1n) is 4.64. The van der Waals surface area contributed by atoms with Crippen LogP contribution in [-0.2, 0) is 22.5 Å². The average molecular weight is 207 g/mol. The number of esters is 1. The van der Waals surface area contributed by atoms with Crippen molar-refractivity contribution in [2.45, 2.75) is 26.3 Å². The van der Waals surface area contributed by atoms with Gasteiger partial charge in [-0.25, -0.2) is 0 Å². The molecule has 0 amide bonds. The molecule has 1 heterocycles. The molecule has 0 atom stereocenters. The molecule has 5 nitrogen and oxygen atoms in total. The van der Waals surface area contributed by atoms with Gasteiger partial charge in [0.1, 0.15) is 0 Å². The van der Waals surface area contributed by atoms with E-state index in [4.69, 9.17) is 5.26 Å². The van der Waals surface area contributed by atoms with Crippen LogP contribution >= 0.6 is 0 Å². The van der Waals surface area contributed by atoms with Gasteiger partial charge in [0.25, 0.3) is 0 Å². The van der Waals surface area contributed by atoms with Crippen LogP contribution in [0.2, 0.25) is 0 Å². The Hall–Kier alpha value is -1.83. The number of nitrogens with zero attached hydrogens (tertiary/aromatic N) is 3. The summed E-state index contributed by atoms with van der Waals surface area (Å²) in [6.07, 6.45) is 2.44. The molecule has 0 saturated heterocycles. The Morgan fingerprint density at radius 1 is 1.73 bits per heavy atom. The molecule has 0 N–H and O–H groups in total. The van der Waals surface area contributed by atoms with Crippen LogP contribution in [0.25, 0.3) is 0 Å². The molecule has 5 heteroatoms. The maximum atomic E-state index is 10.9. The Morgan fingerprint density at radius 3 is 3.07 bits per heavy atom. The highest BCUT2D eigenvalue weighted by Gasteiger charge is 2.06. The van der Waals surface area contributed by atoms with Crippen LogP contribution in [0.1, 0.15) is 17.7 Å². The molecule has 80 valence electrons. The van der Waals surface area contributed by atoms with E-state index in [0.29, 0.717) is 19.4 Å². The number of hydrogen-bond acceptors (Lipinski definition) is 4. The molecule has 0 unspecified atom stereocenters. The fourth-order valence-corrected chi connectivity index (χ4v) is 1.24. The second kappa shape index (κ2) is 5.15. The number of carbonyl (C=O) groups excluding carboxylic acids is 1. The fourth-order valence-electron chi connectivity index (χ4n) is 1.24. The first-order chi connectivity index (χ1) is 7.17. The Kier molecular flexibility index (Phi) is 3.86. The number of aromatic nitrogens is 2. The monoisotopic (exact) mass is 207 g/mol. The standard InChI is InChI=1S/C10H13N3O2/c1-8-9(3-5-11)7-13(12-8)6-4-10(14)15-2/h7H,3-4,6H2,1-2H3. The minimum absolute atomic E-state index is 0.259. The second-order valence-electron chi connectivity index (χ2n) is 3.16. The summed E-state index contributed by atoms with van der Waals surface area (Å²) in [5, 5.41) is 12.7. The molecule has 1 rings (SSSR count). The van der Waals surface area contributed by atoms with Gasteiger partial charge in [0, 0.05) is 11.8 Å². The Balaban J connectivity index is 2.60. The number of hydrogen-bond donors (Lipinski definition) is 0. The zero-order valence-corrected chi connectivity index (χ0v) is 8.86. The van der Waals surface area contributed by atoms with Gasteiger partial charge in [-0.3, -0.25) is 9.48 Å². The fraction of sp³-hybridized carbons (Fsp3) is 0.500. The normalized spacial score (nSPS) is 9.67. The summed E-state index contributed by atoms with van der Waals surface area (Å²) in [5.41, 5.74) is 1.74. The van der Waals surface area contributed by atoms with Crippen LogP contribution in [0.3, 0.4) is 0 Å². The van der Waals surface area contributed by atoms with Gasteiger partial charge in [-0.1, -0.05) is 0 Å². The molecule has 0 saturated carbocycles. The summed E-state index contributed by atoms with van der Waals surface area (Å²) in [4.78, 5) is 10.9. The van der Waals surface area contributed by atoms with E-state index in [9.17, 15) is 4.79 Å². The lowest BCUT2D eigenvalue weighted by molar-refractivity contribution is -0.140. The molecule has 0 aromatic carbocycles. The Bertz CT molecular complexity index is 390. The van der Waals surface area contributed by atoms with E-state index < -0.39 is 0 Å². The van der Waals surface area contributed by atoms with E-state index in [-0.39, 0.29) is 5.97 Å². The smallest absolute Gasteiger partial charge is 0.307 e. The molecule has 0 aliphatic rings. The molecule has 0 bridgehead atoms. The molecular weight excluding hydrogens is 194 g/mol. The van der Waals surface area contributed by atoms with E-state index in [2.05, 4.69) is 15.9 Å². The van der Waals surface area contributed by atoms with Crippen molar-refractivity contribution in [1.29, 1.82) is 5.26 Å². The summed E-state index contributed by atoms with van der Waals surface area (Å²) in [7, 11) is 1.36. The maximum absolute atomic E-state index is 10.9. The van der Waals surface area contributed by atoms with Crippen molar-refractivity contribution in [2.24, 2.45) is 0 Å². The molecule has 15 heavy (non-hydrogen) atoms. The number of methoxy groups -OCH3 is 1. The predicted molar refractivity (Wildman–Crippen MR) is 52.9 cm³/mol. The van der Waals surface area contributed by atoms with Gasteiger partial charge >= 0.3 is 5.97 Å². The summed E-state index contributed by atoms with van der Waals surface area (Å²) in [6.45, 7) is 2.33. The molecule has 0 aliphatic heterocycles. The molecule has 1 aromatic rings. The van der Waals surface area contributed by atoms with E-state index in [1.807, 2.05) is 6.92 Å². The SMILES string of the molecule is COC(=O)CCn1cc(CC#N)c(C)n1. The molecule has 0 fully saturated rings. The van der Waals surface area contributed by atoms with Crippen molar-refractivity contribution in [3.8, 4) is 6.07 Å². The van der Waals surface area contributed by atoms with Gasteiger partial charge < -0.3 is 4.74 Å². The average Bonchev–Trinajstić information content (AvgIpc) is 2.57. The minimum atomic E-state index is -0.259. The number of carbonyl (C=O) groups is 1. The highest BCUT2D eigenvalue weighted by molar-refractivity contribution is 5.68. The molecular formula is C10H13N3O2. The zero-order chi connectivity index (χ0) is 11.3. The van der Waals surface area contributed by atoms with Crippen molar-refractivity contribution in [3.63, 3.8) is 0 Å². The quantitative estimate of drug-likeness (QED) is 0.685. The third-order valence-electron chi connectivity index (χ3n) is 2.09. The minimum Gasteiger partial charge on any atom is -0.469 e. The van der Waals surface area contributed by atoms with Crippen molar-refractivity contribution in [2.75, 3.05) is 7.11 Å². The zero-order valence-electron chi connectivity index (χ0n) is 8.86. The van der Waals surface area contributed by atoms with Gasteiger partial charge in [-0.15, -0.1) is 0 Å². The lowest BCUT2D eigenvalue weighted by atomic mass is 10.2. The highest BCUT2D eigenvalue weighted by atomic mass is 16.5. The van der Waals surface area contributed by atoms with Crippen LogP contribution in [0.15, 0.2) is 6.20 Å². The highest BCUT2D eigenvalue weighted by Crippen LogP contribution is 2.06. The third kappa shape index (κ3) is 3.09. The summed E-state index contributed by atoms with van der Waals surface area (Å²) in [5.74, 6) is -0.259. The topological polar surface area (TPSA) is 67.9 Å². The molecule has 1 aromatic heterocycles. The van der Waals surface area contributed by atoms with Crippen LogP contribution in [0.5, 0.6) is 0 Å². The van der Waals surface area contributed by atoms with Crippen LogP contribution in [-0.4, -0.2) is 22.9 Å². The van der Waals surface area contributed by atoms with E-state index in [1.165, 1.54) is 7.11 Å². The van der Waals surface area contributed by atoms with Crippen molar-refractivity contribution in [1.82, 2.24) is 9.78 Å². The van der Waals surface area contributed by atoms with Gasteiger partial charge in [0.15, 0.2) is 0 Å². The number of nitriles is 1. The number of rotatable bonds is 4. The third-order valence-corrected chi connectivity index (χ3v) is 2.09. The summed E-state index contributed by atoms with van der Waals surface area (Å²) in [6, 6.07) is 2.07. The first kappa shape index (κ1) is 11.2. The Labute approximate surface area is 88.3 Å². The lowest BCUT2D eigenvalue weighted by Crippen LogP contribution is -2.07. The number of ether oxygens (including phenoxy) is 1. The van der Waals surface area contributed by atoms with Gasteiger partial charge in [-0.2, -0.15) is 10.4 Å². The van der Waals surface area contributed by atoms with E-state index >= 15 is 0 Å². The van der Waals surface area contributed by atoms with Gasteiger partial charge in [0.05, 0.1) is 38.3 Å². The molecule has 0 spiro atoms. The first-order valence-corrected chi connectivity index (χ1v) is 4.64. The second-order valence-corrected chi connectivity index (χ2v) is 3.16. The predicted octanol–water partition coefficient (Wildman–Crippen LogP) is 0.821. The summed E-state index contributed by atoms with van der Waals surface area (Å²) < 4.78 is 6.19. The lowest BCUT2D eigenvalue weighted by Gasteiger charge is -1.99. The van der Waals surface area contributed by atoms with Crippen LogP contribution < -0.4 is 0 Å². The Morgan fingerprint density at radius 2 is 2.47 bits per heavy atom. The van der Waals surface area contributed by atoms with Gasteiger partial charge in [0.2, 0.25) is 0 Å². The van der Waals surface area contributed by atoms with E-state index in [0.717, 1.165) is 11.3 Å². The van der Waals surface area contributed by atoms with Gasteiger partial charge in [-0.05, 0) is 6.92 Å².